The molecule has 1 aromatic heterocycles. The number of aliphatic hydroxyl groups is 2. The van der Waals surface area contributed by atoms with Crippen LogP contribution in [0.15, 0.2) is 21.5 Å². The molecule has 1 aliphatic heterocycles. The van der Waals surface area contributed by atoms with E-state index in [2.05, 4.69) is 4.98 Å². The summed E-state index contributed by atoms with van der Waals surface area (Å²) in [4.78, 5) is 35.9. The summed E-state index contributed by atoms with van der Waals surface area (Å²) in [6.07, 6.45) is -4.30. The molecule has 114 valence electrons. The molecule has 0 unspecified atom stereocenters. The van der Waals surface area contributed by atoms with Crippen LogP contribution in [0.2, 0.25) is 0 Å². The van der Waals surface area contributed by atoms with Gasteiger partial charge in [0.15, 0.2) is 18.3 Å². The summed E-state index contributed by atoms with van der Waals surface area (Å²) in [5.41, 5.74) is -1.15. The van der Waals surface area contributed by atoms with E-state index in [0.717, 1.165) is 4.57 Å². The van der Waals surface area contributed by atoms with Gasteiger partial charge < -0.3 is 19.7 Å². The number of methoxy groups -OCH3 is 1. The monoisotopic (exact) mass is 298 g/mol. The van der Waals surface area contributed by atoms with Crippen LogP contribution >= 0.6 is 0 Å². The van der Waals surface area contributed by atoms with Crippen molar-refractivity contribution in [2.45, 2.75) is 31.5 Å². The average Bonchev–Trinajstić information content (AvgIpc) is 2.73. The molecule has 3 N–H and O–H groups in total. The molecule has 21 heavy (non-hydrogen) atoms. The van der Waals surface area contributed by atoms with Gasteiger partial charge in [0.2, 0.25) is 5.76 Å². The van der Waals surface area contributed by atoms with Gasteiger partial charge in [-0.3, -0.25) is 14.3 Å². The summed E-state index contributed by atoms with van der Waals surface area (Å²) in [7, 11) is 1.19. The predicted molar refractivity (Wildman–Crippen MR) is 68.2 cm³/mol. The standard InChI is InChI=1S/C12H14N2O7/c1-5-3-14(12(19)13-10(5)18)11-8(17)7(16)9(21-11)6(4-15)20-2/h3,7-9,11,16-17H,1-2H3,(H,13,18,19)/t7-,8+,9+,11+/m0/s1. The lowest BCUT2D eigenvalue weighted by Gasteiger charge is -2.17. The van der Waals surface area contributed by atoms with E-state index in [4.69, 9.17) is 9.47 Å². The minimum atomic E-state index is -1.49. The number of hydrogen-bond acceptors (Lipinski definition) is 7. The summed E-state index contributed by atoms with van der Waals surface area (Å²) in [5.74, 6) is 1.12. The minimum Gasteiger partial charge on any atom is -0.488 e. The van der Waals surface area contributed by atoms with Crippen LogP contribution in [0.5, 0.6) is 0 Å². The van der Waals surface area contributed by atoms with Crippen molar-refractivity contribution in [2.75, 3.05) is 7.11 Å². The Bertz CT molecular complexity index is 700. The fourth-order valence-corrected chi connectivity index (χ4v) is 2.10. The van der Waals surface area contributed by atoms with Crippen LogP contribution in [-0.4, -0.2) is 51.1 Å². The van der Waals surface area contributed by atoms with Crippen LogP contribution in [0, 0.1) is 6.92 Å². The summed E-state index contributed by atoms with van der Waals surface area (Å²) in [6, 6.07) is 0. The number of nitrogens with one attached hydrogen (secondary N) is 1. The highest BCUT2D eigenvalue weighted by Gasteiger charge is 2.47. The summed E-state index contributed by atoms with van der Waals surface area (Å²) in [6.45, 7) is 1.47. The molecule has 1 aromatic rings. The van der Waals surface area contributed by atoms with Crippen molar-refractivity contribution in [1.29, 1.82) is 0 Å². The maximum Gasteiger partial charge on any atom is 0.330 e. The second-order valence-corrected chi connectivity index (χ2v) is 4.58. The largest absolute Gasteiger partial charge is 0.488 e. The van der Waals surface area contributed by atoms with Crippen LogP contribution in [0.1, 0.15) is 11.8 Å². The molecule has 4 atom stereocenters. The third kappa shape index (κ3) is 2.55. The smallest absolute Gasteiger partial charge is 0.330 e. The van der Waals surface area contributed by atoms with Gasteiger partial charge in [0.05, 0.1) is 7.11 Å². The Morgan fingerprint density at radius 3 is 2.67 bits per heavy atom. The van der Waals surface area contributed by atoms with Gasteiger partial charge in [-0.05, 0) is 6.92 Å². The van der Waals surface area contributed by atoms with E-state index in [1.807, 2.05) is 0 Å². The lowest BCUT2D eigenvalue weighted by atomic mass is 10.1. The van der Waals surface area contributed by atoms with Gasteiger partial charge in [-0.2, -0.15) is 0 Å². The molecule has 1 aliphatic rings. The third-order valence-electron chi connectivity index (χ3n) is 3.24. The second kappa shape index (κ2) is 5.66. The minimum absolute atomic E-state index is 0.223. The SMILES string of the molecule is COC(=C=O)[C@H]1O[C@@H](n2cc(C)c(=O)[nH]c2=O)[C@H](O)[C@@H]1O. The van der Waals surface area contributed by atoms with Gasteiger partial charge in [-0.15, -0.1) is 0 Å². The van der Waals surface area contributed by atoms with Crippen molar-refractivity contribution in [2.24, 2.45) is 0 Å². The first-order valence-electron chi connectivity index (χ1n) is 6.03. The molecule has 0 radical (unpaired) electrons. The summed E-state index contributed by atoms with van der Waals surface area (Å²) < 4.78 is 11.0. The molecule has 0 aliphatic carbocycles. The Morgan fingerprint density at radius 2 is 2.10 bits per heavy atom. The quantitative estimate of drug-likeness (QED) is 0.427. The lowest BCUT2D eigenvalue weighted by molar-refractivity contribution is -0.0408. The van der Waals surface area contributed by atoms with Crippen LogP contribution < -0.4 is 11.2 Å². The van der Waals surface area contributed by atoms with Crippen molar-refractivity contribution in [3.63, 3.8) is 0 Å². The molecule has 9 heteroatoms. The molecule has 0 saturated carbocycles. The van der Waals surface area contributed by atoms with E-state index in [-0.39, 0.29) is 11.3 Å². The number of H-pyrrole nitrogens is 1. The van der Waals surface area contributed by atoms with E-state index in [0.29, 0.717) is 0 Å². The summed E-state index contributed by atoms with van der Waals surface area (Å²) >= 11 is 0. The van der Waals surface area contributed by atoms with Crippen molar-refractivity contribution in [3.05, 3.63) is 38.4 Å². The van der Waals surface area contributed by atoms with Gasteiger partial charge in [0, 0.05) is 11.8 Å². The normalized spacial score (nSPS) is 28.2. The Kier molecular flexibility index (Phi) is 4.10. The molecule has 1 fully saturated rings. The van der Waals surface area contributed by atoms with Crippen molar-refractivity contribution in [1.82, 2.24) is 9.55 Å². The summed E-state index contributed by atoms with van der Waals surface area (Å²) in [5, 5.41) is 19.9. The predicted octanol–water partition coefficient (Wildman–Crippen LogP) is -2.17. The Hall–Kier alpha value is -2.19. The molecule has 0 bridgehead atoms. The maximum atomic E-state index is 11.8. The van der Waals surface area contributed by atoms with E-state index < -0.39 is 35.8 Å². The van der Waals surface area contributed by atoms with Gasteiger partial charge in [0.1, 0.15) is 12.2 Å². The topological polar surface area (TPSA) is 131 Å². The zero-order valence-corrected chi connectivity index (χ0v) is 11.3. The molecule has 1 saturated heterocycles. The third-order valence-corrected chi connectivity index (χ3v) is 3.24. The number of aryl methyl sites for hydroxylation is 1. The number of aliphatic hydroxyl groups excluding tert-OH is 2. The van der Waals surface area contributed by atoms with Crippen molar-refractivity contribution in [3.8, 4) is 0 Å². The maximum absolute atomic E-state index is 11.8. The number of hydrogen-bond donors (Lipinski definition) is 3. The fraction of sp³-hybridized carbons (Fsp3) is 0.500. The molecular weight excluding hydrogens is 284 g/mol. The van der Waals surface area contributed by atoms with E-state index in [1.54, 1.807) is 0 Å². The second-order valence-electron chi connectivity index (χ2n) is 4.58. The molecule has 9 nitrogen and oxygen atoms in total. The van der Waals surface area contributed by atoms with E-state index >= 15 is 0 Å². The van der Waals surface area contributed by atoms with Gasteiger partial charge in [0.25, 0.3) is 5.56 Å². The number of rotatable bonds is 3. The first kappa shape index (κ1) is 15.2. The van der Waals surface area contributed by atoms with Crippen LogP contribution in [-0.2, 0) is 14.3 Å². The molecule has 2 rings (SSSR count). The zero-order chi connectivity index (χ0) is 15.7. The first-order valence-corrected chi connectivity index (χ1v) is 6.03. The van der Waals surface area contributed by atoms with E-state index in [9.17, 15) is 24.6 Å². The molecule has 0 amide bonds. The van der Waals surface area contributed by atoms with Crippen LogP contribution in [0.25, 0.3) is 0 Å². The molecule has 2 heterocycles. The Morgan fingerprint density at radius 1 is 1.43 bits per heavy atom. The van der Waals surface area contributed by atoms with Crippen molar-refractivity contribution >= 4 is 5.94 Å². The number of nitrogens with zero attached hydrogens (tertiary/aromatic N) is 1. The van der Waals surface area contributed by atoms with Gasteiger partial charge in [-0.25, -0.2) is 9.59 Å². The average molecular weight is 298 g/mol. The number of carbonyl (C=O) groups excluding carboxylic acids is 1. The lowest BCUT2D eigenvalue weighted by Crippen LogP contribution is -2.38. The first-order chi connectivity index (χ1) is 9.90. The highest BCUT2D eigenvalue weighted by Crippen LogP contribution is 2.31. The van der Waals surface area contributed by atoms with Gasteiger partial charge in [-0.1, -0.05) is 0 Å². The number of ether oxygens (including phenoxy) is 2. The molecular formula is C12H14N2O7. The fourth-order valence-electron chi connectivity index (χ4n) is 2.10. The van der Waals surface area contributed by atoms with Gasteiger partial charge >= 0.3 is 5.69 Å². The highest BCUT2D eigenvalue weighted by molar-refractivity contribution is 5.51. The Labute approximate surface area is 118 Å². The number of aromatic nitrogens is 2. The number of aromatic amines is 1. The molecule has 0 aromatic carbocycles. The Balaban J connectivity index is 2.43. The van der Waals surface area contributed by atoms with Crippen LogP contribution in [0.3, 0.4) is 0 Å². The van der Waals surface area contributed by atoms with Crippen molar-refractivity contribution < 1.29 is 24.5 Å². The molecule has 0 spiro atoms. The van der Waals surface area contributed by atoms with E-state index in [1.165, 1.54) is 26.2 Å². The highest BCUT2D eigenvalue weighted by atomic mass is 16.6. The van der Waals surface area contributed by atoms with Crippen LogP contribution in [0.4, 0.5) is 0 Å². The zero-order valence-electron chi connectivity index (χ0n) is 11.3.